The fraction of sp³-hybridized carbons (Fsp3) is 0.500. The lowest BCUT2D eigenvalue weighted by molar-refractivity contribution is -0.267. The fourth-order valence-electron chi connectivity index (χ4n) is 4.08. The number of aliphatic hydroxyl groups is 1. The number of piperidine rings is 1. The summed E-state index contributed by atoms with van der Waals surface area (Å²) in [6.07, 6.45) is -3.21. The van der Waals surface area contributed by atoms with Crippen LogP contribution in [0.3, 0.4) is 0 Å². The molecule has 1 fully saturated rings. The molecule has 0 bridgehead atoms. The number of aryl methyl sites for hydroxylation is 1. The summed E-state index contributed by atoms with van der Waals surface area (Å²) in [4.78, 5) is 18.2. The first kappa shape index (κ1) is 18.7. The van der Waals surface area contributed by atoms with Crippen LogP contribution in [0.2, 0.25) is 0 Å². The summed E-state index contributed by atoms with van der Waals surface area (Å²) in [5.41, 5.74) is -2.38. The molecule has 0 aromatic carbocycles. The van der Waals surface area contributed by atoms with E-state index in [9.17, 15) is 23.1 Å². The lowest BCUT2D eigenvalue weighted by Crippen LogP contribution is -2.49. The van der Waals surface area contributed by atoms with E-state index in [0.29, 0.717) is 25.9 Å². The number of alkyl halides is 3. The highest BCUT2D eigenvalue weighted by Crippen LogP contribution is 2.49. The number of H-pyrrole nitrogens is 1. The van der Waals surface area contributed by atoms with Gasteiger partial charge in [-0.15, -0.1) is 0 Å². The van der Waals surface area contributed by atoms with Crippen molar-refractivity contribution in [1.29, 1.82) is 0 Å². The SMILES string of the molecule is Cc1cccnc1N1CCC(c2n[nH]c3c2C(O)(C(F)(F)F)CC(=O)N3)CC1. The standard InChI is InChI=1S/C18H20F3N5O2/c1-10-3-2-6-22-16(10)26-7-4-11(5-8-26)14-13-15(25-24-14)23-12(27)9-17(13,28)18(19,20)21/h2-3,6,11,28H,4-5,7-9H2,1H3,(H2,23,24,25,27). The summed E-state index contributed by atoms with van der Waals surface area (Å²) in [6, 6.07) is 3.82. The first-order chi connectivity index (χ1) is 13.2. The molecule has 2 aromatic heterocycles. The van der Waals surface area contributed by atoms with Crippen molar-refractivity contribution in [2.45, 2.75) is 43.9 Å². The maximum absolute atomic E-state index is 13.6. The van der Waals surface area contributed by atoms with E-state index in [1.54, 1.807) is 6.20 Å². The van der Waals surface area contributed by atoms with Crippen LogP contribution in [0.4, 0.5) is 24.8 Å². The average Bonchev–Trinajstić information content (AvgIpc) is 3.06. The van der Waals surface area contributed by atoms with Crippen molar-refractivity contribution >= 4 is 17.5 Å². The van der Waals surface area contributed by atoms with Gasteiger partial charge in [-0.05, 0) is 31.4 Å². The molecule has 1 unspecified atom stereocenters. The number of hydrogen-bond donors (Lipinski definition) is 3. The minimum absolute atomic E-state index is 0.172. The van der Waals surface area contributed by atoms with Gasteiger partial charge in [0.15, 0.2) is 5.60 Å². The quantitative estimate of drug-likeness (QED) is 0.727. The zero-order valence-corrected chi connectivity index (χ0v) is 15.2. The predicted molar refractivity (Wildman–Crippen MR) is 94.9 cm³/mol. The first-order valence-corrected chi connectivity index (χ1v) is 9.05. The van der Waals surface area contributed by atoms with Gasteiger partial charge in [0.25, 0.3) is 0 Å². The van der Waals surface area contributed by atoms with Gasteiger partial charge >= 0.3 is 6.18 Å². The van der Waals surface area contributed by atoms with Gasteiger partial charge in [0.1, 0.15) is 11.6 Å². The van der Waals surface area contributed by atoms with E-state index in [2.05, 4.69) is 25.4 Å². The molecule has 4 rings (SSSR count). The van der Waals surface area contributed by atoms with Crippen LogP contribution in [0.25, 0.3) is 0 Å². The number of carbonyl (C=O) groups excluding carboxylic acids is 1. The Morgan fingerprint density at radius 1 is 1.32 bits per heavy atom. The number of carbonyl (C=O) groups is 1. The summed E-state index contributed by atoms with van der Waals surface area (Å²) in [5, 5.41) is 19.3. The van der Waals surface area contributed by atoms with Crippen LogP contribution in [-0.2, 0) is 10.4 Å². The van der Waals surface area contributed by atoms with Crippen molar-refractivity contribution in [2.24, 2.45) is 0 Å². The highest BCUT2D eigenvalue weighted by Gasteiger charge is 2.61. The van der Waals surface area contributed by atoms with E-state index in [1.807, 2.05) is 19.1 Å². The predicted octanol–water partition coefficient (Wildman–Crippen LogP) is 2.59. The molecule has 0 radical (unpaired) electrons. The van der Waals surface area contributed by atoms with Gasteiger partial charge in [-0.3, -0.25) is 9.89 Å². The van der Waals surface area contributed by atoms with E-state index in [1.165, 1.54) is 0 Å². The molecular weight excluding hydrogens is 375 g/mol. The molecule has 28 heavy (non-hydrogen) atoms. The van der Waals surface area contributed by atoms with Gasteiger partial charge in [0.05, 0.1) is 17.7 Å². The summed E-state index contributed by atoms with van der Waals surface area (Å²) >= 11 is 0. The van der Waals surface area contributed by atoms with Crippen molar-refractivity contribution in [1.82, 2.24) is 15.2 Å². The highest BCUT2D eigenvalue weighted by atomic mass is 19.4. The number of nitrogens with zero attached hydrogens (tertiary/aromatic N) is 3. The molecule has 0 spiro atoms. The second kappa shape index (κ2) is 6.47. The van der Waals surface area contributed by atoms with E-state index in [-0.39, 0.29) is 23.0 Å². The maximum Gasteiger partial charge on any atom is 0.422 e. The number of nitrogens with one attached hydrogen (secondary N) is 2. The second-order valence-electron chi connectivity index (χ2n) is 7.35. The molecule has 1 saturated heterocycles. The molecule has 0 aliphatic carbocycles. The van der Waals surface area contributed by atoms with Crippen LogP contribution >= 0.6 is 0 Å². The van der Waals surface area contributed by atoms with Crippen LogP contribution in [-0.4, -0.2) is 45.5 Å². The molecule has 4 heterocycles. The van der Waals surface area contributed by atoms with Crippen molar-refractivity contribution in [3.05, 3.63) is 35.2 Å². The molecule has 0 saturated carbocycles. The first-order valence-electron chi connectivity index (χ1n) is 9.05. The Morgan fingerprint density at radius 2 is 2.04 bits per heavy atom. The summed E-state index contributed by atoms with van der Waals surface area (Å²) in [5.74, 6) is -0.467. The van der Waals surface area contributed by atoms with Crippen LogP contribution in [0.5, 0.6) is 0 Å². The Morgan fingerprint density at radius 3 is 2.68 bits per heavy atom. The summed E-state index contributed by atoms with van der Waals surface area (Å²) in [6.45, 7) is 3.19. The molecule has 1 amide bonds. The Balaban J connectivity index is 1.61. The largest absolute Gasteiger partial charge is 0.422 e. The van der Waals surface area contributed by atoms with E-state index in [4.69, 9.17) is 0 Å². The number of aromatic amines is 1. The third-order valence-electron chi connectivity index (χ3n) is 5.52. The van der Waals surface area contributed by atoms with Gasteiger partial charge in [-0.25, -0.2) is 4.98 Å². The Labute approximate surface area is 159 Å². The third-order valence-corrected chi connectivity index (χ3v) is 5.52. The Bertz CT molecular complexity index is 905. The average molecular weight is 395 g/mol. The zero-order valence-electron chi connectivity index (χ0n) is 15.2. The maximum atomic E-state index is 13.6. The van der Waals surface area contributed by atoms with Crippen LogP contribution in [0.1, 0.15) is 42.0 Å². The smallest absolute Gasteiger partial charge is 0.376 e. The number of halogens is 3. The Hall–Kier alpha value is -2.62. The molecular formula is C18H20F3N5O2. The zero-order chi connectivity index (χ0) is 20.1. The number of fused-ring (bicyclic) bond motifs is 1. The van der Waals surface area contributed by atoms with Crippen molar-refractivity contribution < 1.29 is 23.1 Å². The van der Waals surface area contributed by atoms with Crippen LogP contribution in [0, 0.1) is 6.92 Å². The van der Waals surface area contributed by atoms with Crippen molar-refractivity contribution in [3.63, 3.8) is 0 Å². The van der Waals surface area contributed by atoms with Crippen molar-refractivity contribution in [2.75, 3.05) is 23.3 Å². The van der Waals surface area contributed by atoms with E-state index >= 15 is 0 Å². The van der Waals surface area contributed by atoms with Gasteiger partial charge < -0.3 is 15.3 Å². The summed E-state index contributed by atoms with van der Waals surface area (Å²) in [7, 11) is 0. The lowest BCUT2D eigenvalue weighted by Gasteiger charge is -2.37. The second-order valence-corrected chi connectivity index (χ2v) is 7.35. The third kappa shape index (κ3) is 2.92. The highest BCUT2D eigenvalue weighted by molar-refractivity contribution is 5.94. The van der Waals surface area contributed by atoms with Gasteiger partial charge in [0.2, 0.25) is 5.91 Å². The minimum Gasteiger partial charge on any atom is -0.376 e. The lowest BCUT2D eigenvalue weighted by atomic mass is 9.81. The summed E-state index contributed by atoms with van der Waals surface area (Å²) < 4.78 is 40.9. The topological polar surface area (TPSA) is 94.1 Å². The van der Waals surface area contributed by atoms with E-state index < -0.39 is 24.1 Å². The van der Waals surface area contributed by atoms with Gasteiger partial charge in [0, 0.05) is 25.2 Å². The number of anilines is 2. The molecule has 2 aliphatic rings. The molecule has 10 heteroatoms. The van der Waals surface area contributed by atoms with Gasteiger partial charge in [-0.1, -0.05) is 6.07 Å². The minimum atomic E-state index is -4.98. The van der Waals surface area contributed by atoms with Crippen LogP contribution < -0.4 is 10.2 Å². The van der Waals surface area contributed by atoms with Crippen LogP contribution in [0.15, 0.2) is 18.3 Å². The molecule has 1 atom stereocenters. The molecule has 150 valence electrons. The number of pyridine rings is 1. The normalized spacial score (nSPS) is 23.5. The van der Waals surface area contributed by atoms with E-state index in [0.717, 1.165) is 11.4 Å². The van der Waals surface area contributed by atoms with Crippen molar-refractivity contribution in [3.8, 4) is 0 Å². The Kier molecular flexibility index (Phi) is 4.33. The number of hydrogen-bond acceptors (Lipinski definition) is 5. The fourth-order valence-corrected chi connectivity index (χ4v) is 4.08. The number of aromatic nitrogens is 3. The molecule has 2 aromatic rings. The molecule has 2 aliphatic heterocycles. The monoisotopic (exact) mass is 395 g/mol. The number of rotatable bonds is 2. The van der Waals surface area contributed by atoms with Gasteiger partial charge in [-0.2, -0.15) is 18.3 Å². The number of amides is 1. The molecule has 3 N–H and O–H groups in total. The molecule has 7 nitrogen and oxygen atoms in total.